The fourth-order valence-electron chi connectivity index (χ4n) is 6.55. The average molecular weight is 541 g/mol. The smallest absolute Gasteiger partial charge is 0.416 e. The third-order valence-electron chi connectivity index (χ3n) is 8.79. The van der Waals surface area contributed by atoms with E-state index < -0.39 is 17.6 Å². The molecule has 208 valence electrons. The molecule has 1 saturated heterocycles. The number of nitrogens with one attached hydrogen (secondary N) is 1. The molecule has 39 heavy (non-hydrogen) atoms. The van der Waals surface area contributed by atoms with Crippen molar-refractivity contribution in [2.75, 3.05) is 33.9 Å². The minimum atomic E-state index is -4.41. The van der Waals surface area contributed by atoms with Crippen molar-refractivity contribution in [3.63, 3.8) is 0 Å². The number of nitrogens with zero attached hydrogens (tertiary/aromatic N) is 1. The lowest BCUT2D eigenvalue weighted by molar-refractivity contribution is -0.150. The monoisotopic (exact) mass is 540 g/mol. The first-order valence-corrected chi connectivity index (χ1v) is 13.6. The number of hydrogen-bond acceptors (Lipinski definition) is 4. The molecule has 8 heteroatoms. The van der Waals surface area contributed by atoms with E-state index in [0.717, 1.165) is 68.3 Å². The lowest BCUT2D eigenvalue weighted by Crippen LogP contribution is -2.68. The van der Waals surface area contributed by atoms with E-state index in [2.05, 4.69) is 34.2 Å². The summed E-state index contributed by atoms with van der Waals surface area (Å²) in [5, 5.41) is 3.08. The van der Waals surface area contributed by atoms with Crippen molar-refractivity contribution in [2.24, 2.45) is 5.92 Å². The predicted octanol–water partition coefficient (Wildman–Crippen LogP) is 5.17. The Morgan fingerprint density at radius 2 is 1.87 bits per heavy atom. The molecule has 0 radical (unpaired) electrons. The van der Waals surface area contributed by atoms with Gasteiger partial charge in [0.1, 0.15) is 5.75 Å². The fourth-order valence-corrected chi connectivity index (χ4v) is 6.55. The van der Waals surface area contributed by atoms with Crippen LogP contribution in [0, 0.1) is 17.8 Å². The second-order valence-corrected chi connectivity index (χ2v) is 11.2. The average Bonchev–Trinajstić information content (AvgIpc) is 3.75. The SMILES string of the molecule is COc1cccc([C@@]23CCN(CC4CC4)C[C@@]2(OC)CC[C@H](NC(=O)C#Cc2ccc(C(F)(F)F)cc2)C3)c1. The van der Waals surface area contributed by atoms with Crippen molar-refractivity contribution in [1.82, 2.24) is 10.2 Å². The van der Waals surface area contributed by atoms with Crippen LogP contribution in [-0.4, -0.2) is 56.3 Å². The second-order valence-electron chi connectivity index (χ2n) is 11.2. The van der Waals surface area contributed by atoms with Crippen LogP contribution in [0.25, 0.3) is 0 Å². The van der Waals surface area contributed by atoms with Crippen molar-refractivity contribution in [2.45, 2.75) is 61.8 Å². The molecule has 3 atom stereocenters. The second kappa shape index (κ2) is 10.9. The molecule has 3 aliphatic rings. The number of methoxy groups -OCH3 is 2. The topological polar surface area (TPSA) is 50.8 Å². The van der Waals surface area contributed by atoms with Gasteiger partial charge >= 0.3 is 6.18 Å². The van der Waals surface area contributed by atoms with Crippen LogP contribution in [0.1, 0.15) is 55.2 Å². The summed E-state index contributed by atoms with van der Waals surface area (Å²) in [5.74, 6) is 6.41. The highest BCUT2D eigenvalue weighted by molar-refractivity contribution is 5.94. The highest BCUT2D eigenvalue weighted by Gasteiger charge is 2.59. The summed E-state index contributed by atoms with van der Waals surface area (Å²) in [5.41, 5.74) is 0.0699. The van der Waals surface area contributed by atoms with Crippen LogP contribution in [-0.2, 0) is 21.1 Å². The number of amides is 1. The molecule has 0 aromatic heterocycles. The largest absolute Gasteiger partial charge is 0.497 e. The van der Waals surface area contributed by atoms with E-state index in [1.807, 2.05) is 19.2 Å². The number of hydrogen-bond donors (Lipinski definition) is 1. The Bertz CT molecular complexity index is 1250. The normalized spacial score (nSPS) is 27.2. The summed E-state index contributed by atoms with van der Waals surface area (Å²) in [7, 11) is 3.47. The zero-order valence-electron chi connectivity index (χ0n) is 22.4. The Balaban J connectivity index is 1.36. The number of fused-ring (bicyclic) bond motifs is 1. The van der Waals surface area contributed by atoms with Gasteiger partial charge in [-0.05, 0) is 92.9 Å². The minimum absolute atomic E-state index is 0.108. The molecule has 0 spiro atoms. The number of carbonyl (C=O) groups excluding carboxylic acids is 1. The molecular formula is C31H35F3N2O3. The number of piperidine rings is 1. The maximum Gasteiger partial charge on any atom is 0.416 e. The summed E-state index contributed by atoms with van der Waals surface area (Å²) < 4.78 is 50.5. The molecule has 1 heterocycles. The highest BCUT2D eigenvalue weighted by atomic mass is 19.4. The maximum atomic E-state index is 12.8. The third kappa shape index (κ3) is 5.80. The van der Waals surface area contributed by atoms with E-state index in [9.17, 15) is 18.0 Å². The fraction of sp³-hybridized carbons (Fsp3) is 0.516. The van der Waals surface area contributed by atoms with Crippen LogP contribution >= 0.6 is 0 Å². The molecular weight excluding hydrogens is 505 g/mol. The van der Waals surface area contributed by atoms with Crippen LogP contribution in [0.15, 0.2) is 48.5 Å². The summed E-state index contributed by atoms with van der Waals surface area (Å²) in [6.07, 6.45) is 1.36. The standard InChI is InChI=1S/C31H35F3N2O3/c1-38-27-5-3-4-25(18-27)29-16-17-36(20-23-6-7-23)21-30(29,39-2)15-14-26(19-29)35-28(37)13-10-22-8-11-24(12-9-22)31(32,33)34/h3-5,8-9,11-12,18,23,26H,6-7,14-17,19-21H2,1-2H3,(H,35,37)/t26-,29-,30-/m0/s1. The molecule has 0 unspecified atom stereocenters. The van der Waals surface area contributed by atoms with E-state index in [0.29, 0.717) is 12.0 Å². The zero-order valence-corrected chi connectivity index (χ0v) is 22.4. The predicted molar refractivity (Wildman–Crippen MR) is 142 cm³/mol. The van der Waals surface area contributed by atoms with Crippen molar-refractivity contribution in [3.8, 4) is 17.6 Å². The molecule has 3 fully saturated rings. The molecule has 2 aliphatic carbocycles. The van der Waals surface area contributed by atoms with Crippen LogP contribution in [0.2, 0.25) is 0 Å². The van der Waals surface area contributed by atoms with E-state index in [4.69, 9.17) is 9.47 Å². The molecule has 5 rings (SSSR count). The van der Waals surface area contributed by atoms with Crippen molar-refractivity contribution >= 4 is 5.91 Å². The van der Waals surface area contributed by atoms with Gasteiger partial charge in [-0.25, -0.2) is 0 Å². The first-order valence-electron chi connectivity index (χ1n) is 13.6. The Morgan fingerprint density at radius 3 is 2.54 bits per heavy atom. The number of likely N-dealkylation sites (tertiary alicyclic amines) is 1. The van der Waals surface area contributed by atoms with Gasteiger partial charge in [0.2, 0.25) is 0 Å². The Labute approximate surface area is 228 Å². The van der Waals surface area contributed by atoms with Gasteiger partial charge in [-0.15, -0.1) is 0 Å². The van der Waals surface area contributed by atoms with E-state index in [-0.39, 0.29) is 17.1 Å². The number of rotatable bonds is 6. The minimum Gasteiger partial charge on any atom is -0.497 e. The van der Waals surface area contributed by atoms with Crippen LogP contribution < -0.4 is 10.1 Å². The van der Waals surface area contributed by atoms with Crippen molar-refractivity contribution in [1.29, 1.82) is 0 Å². The zero-order chi connectivity index (χ0) is 27.7. The van der Waals surface area contributed by atoms with Gasteiger partial charge in [-0.1, -0.05) is 18.1 Å². The van der Waals surface area contributed by atoms with E-state index in [1.54, 1.807) is 7.11 Å². The Morgan fingerprint density at radius 1 is 1.10 bits per heavy atom. The first kappa shape index (κ1) is 27.5. The molecule has 5 nitrogen and oxygen atoms in total. The maximum absolute atomic E-state index is 12.8. The van der Waals surface area contributed by atoms with Crippen LogP contribution in [0.5, 0.6) is 5.75 Å². The van der Waals surface area contributed by atoms with Gasteiger partial charge in [0.05, 0.1) is 18.3 Å². The molecule has 2 saturated carbocycles. The molecule has 2 aromatic rings. The van der Waals surface area contributed by atoms with Gasteiger partial charge in [0.25, 0.3) is 5.91 Å². The van der Waals surface area contributed by atoms with E-state index >= 15 is 0 Å². The van der Waals surface area contributed by atoms with Crippen molar-refractivity contribution in [3.05, 3.63) is 65.2 Å². The van der Waals surface area contributed by atoms with Gasteiger partial charge < -0.3 is 19.7 Å². The highest BCUT2D eigenvalue weighted by Crippen LogP contribution is 2.54. The Kier molecular flexibility index (Phi) is 7.67. The molecule has 2 aromatic carbocycles. The van der Waals surface area contributed by atoms with Gasteiger partial charge in [0.15, 0.2) is 0 Å². The summed E-state index contributed by atoms with van der Waals surface area (Å²) in [6.45, 7) is 2.93. The molecule has 1 amide bonds. The number of carbonyl (C=O) groups is 1. The molecule has 1 aliphatic heterocycles. The van der Waals surface area contributed by atoms with E-state index in [1.165, 1.54) is 25.0 Å². The quantitative estimate of drug-likeness (QED) is 0.514. The number of alkyl halides is 3. The summed E-state index contributed by atoms with van der Waals surface area (Å²) in [4.78, 5) is 15.4. The summed E-state index contributed by atoms with van der Waals surface area (Å²) in [6, 6.07) is 12.6. The van der Waals surface area contributed by atoms with Gasteiger partial charge in [0, 0.05) is 43.1 Å². The Hall–Kier alpha value is -3.02. The number of halogens is 3. The lowest BCUT2D eigenvalue weighted by Gasteiger charge is -2.60. The van der Waals surface area contributed by atoms with Gasteiger partial charge in [-0.3, -0.25) is 4.79 Å². The molecule has 0 bridgehead atoms. The van der Waals surface area contributed by atoms with Crippen LogP contribution in [0.3, 0.4) is 0 Å². The number of ether oxygens (including phenoxy) is 2. The number of benzene rings is 2. The molecule has 1 N–H and O–H groups in total. The van der Waals surface area contributed by atoms with Gasteiger partial charge in [-0.2, -0.15) is 13.2 Å². The third-order valence-corrected chi connectivity index (χ3v) is 8.79. The first-order chi connectivity index (χ1) is 18.7. The van der Waals surface area contributed by atoms with Crippen LogP contribution in [0.4, 0.5) is 13.2 Å². The summed E-state index contributed by atoms with van der Waals surface area (Å²) >= 11 is 0. The van der Waals surface area contributed by atoms with Crippen molar-refractivity contribution < 1.29 is 27.4 Å². The lowest BCUT2D eigenvalue weighted by atomic mass is 9.55.